The minimum absolute atomic E-state index is 0.0479. The van der Waals surface area contributed by atoms with E-state index in [1.807, 2.05) is 19.9 Å². The molecule has 4 heteroatoms. The molecule has 0 aliphatic heterocycles. The summed E-state index contributed by atoms with van der Waals surface area (Å²) in [7, 11) is 0. The van der Waals surface area contributed by atoms with E-state index >= 15 is 0 Å². The van der Waals surface area contributed by atoms with Crippen molar-refractivity contribution >= 4 is 15.9 Å². The SMILES string of the molecule is CC(C)[C@@H](CO)NCc1ccc(Br)c(F)c1. The fraction of sp³-hybridized carbons (Fsp3) is 0.500. The van der Waals surface area contributed by atoms with Crippen LogP contribution in [0.25, 0.3) is 0 Å². The van der Waals surface area contributed by atoms with Gasteiger partial charge in [0.15, 0.2) is 0 Å². The smallest absolute Gasteiger partial charge is 0.137 e. The maximum Gasteiger partial charge on any atom is 0.137 e. The molecule has 1 aromatic carbocycles. The van der Waals surface area contributed by atoms with E-state index < -0.39 is 0 Å². The molecule has 1 aromatic rings. The van der Waals surface area contributed by atoms with Gasteiger partial charge in [-0.2, -0.15) is 0 Å². The van der Waals surface area contributed by atoms with Crippen molar-refractivity contribution in [2.75, 3.05) is 6.61 Å². The highest BCUT2D eigenvalue weighted by Crippen LogP contribution is 2.16. The van der Waals surface area contributed by atoms with Crippen LogP contribution in [0.4, 0.5) is 4.39 Å². The van der Waals surface area contributed by atoms with Crippen molar-refractivity contribution in [2.24, 2.45) is 5.92 Å². The van der Waals surface area contributed by atoms with E-state index in [0.29, 0.717) is 16.9 Å². The fourth-order valence-corrected chi connectivity index (χ4v) is 1.66. The van der Waals surface area contributed by atoms with Crippen LogP contribution in [-0.2, 0) is 6.54 Å². The normalized spacial score (nSPS) is 13.1. The first-order valence-electron chi connectivity index (χ1n) is 5.32. The summed E-state index contributed by atoms with van der Waals surface area (Å²) in [6, 6.07) is 5.09. The summed E-state index contributed by atoms with van der Waals surface area (Å²) in [4.78, 5) is 0. The van der Waals surface area contributed by atoms with E-state index in [1.165, 1.54) is 6.07 Å². The molecule has 0 spiro atoms. The monoisotopic (exact) mass is 289 g/mol. The molecule has 0 aliphatic rings. The summed E-state index contributed by atoms with van der Waals surface area (Å²) in [5.41, 5.74) is 0.875. The molecule has 0 radical (unpaired) electrons. The van der Waals surface area contributed by atoms with Gasteiger partial charge in [-0.3, -0.25) is 0 Å². The first-order chi connectivity index (χ1) is 7.54. The van der Waals surface area contributed by atoms with Crippen LogP contribution in [0.1, 0.15) is 19.4 Å². The fourth-order valence-electron chi connectivity index (χ4n) is 1.41. The van der Waals surface area contributed by atoms with Gasteiger partial charge >= 0.3 is 0 Å². The molecule has 0 heterocycles. The number of benzene rings is 1. The molecule has 90 valence electrons. The van der Waals surface area contributed by atoms with E-state index in [-0.39, 0.29) is 18.5 Å². The van der Waals surface area contributed by atoms with Gasteiger partial charge in [0.05, 0.1) is 11.1 Å². The lowest BCUT2D eigenvalue weighted by atomic mass is 10.1. The van der Waals surface area contributed by atoms with Crippen LogP contribution in [0.5, 0.6) is 0 Å². The maximum absolute atomic E-state index is 13.2. The number of hydrogen-bond acceptors (Lipinski definition) is 2. The average molecular weight is 290 g/mol. The molecule has 0 saturated carbocycles. The van der Waals surface area contributed by atoms with Gasteiger partial charge in [-0.1, -0.05) is 19.9 Å². The minimum atomic E-state index is -0.260. The molecular formula is C12H17BrFNO. The van der Waals surface area contributed by atoms with Crippen LogP contribution in [-0.4, -0.2) is 17.8 Å². The van der Waals surface area contributed by atoms with Crippen LogP contribution >= 0.6 is 15.9 Å². The molecule has 0 aliphatic carbocycles. The number of hydrogen-bond donors (Lipinski definition) is 2. The molecule has 0 unspecified atom stereocenters. The van der Waals surface area contributed by atoms with Gasteiger partial charge in [-0.25, -0.2) is 4.39 Å². The Hall–Kier alpha value is -0.450. The van der Waals surface area contributed by atoms with Crippen molar-refractivity contribution in [3.63, 3.8) is 0 Å². The molecule has 2 nitrogen and oxygen atoms in total. The third-order valence-corrected chi connectivity index (χ3v) is 3.20. The van der Waals surface area contributed by atoms with Gasteiger partial charge in [0.2, 0.25) is 0 Å². The summed E-state index contributed by atoms with van der Waals surface area (Å²) < 4.78 is 13.7. The number of aliphatic hydroxyl groups excluding tert-OH is 1. The molecule has 0 saturated heterocycles. The van der Waals surface area contributed by atoms with Crippen LogP contribution in [0.2, 0.25) is 0 Å². The molecule has 0 bridgehead atoms. The summed E-state index contributed by atoms with van der Waals surface area (Å²) in [6.45, 7) is 4.73. The zero-order valence-corrected chi connectivity index (χ0v) is 11.1. The molecule has 0 fully saturated rings. The van der Waals surface area contributed by atoms with E-state index in [9.17, 15) is 4.39 Å². The summed E-state index contributed by atoms with van der Waals surface area (Å²) in [5, 5.41) is 12.3. The van der Waals surface area contributed by atoms with Crippen molar-refractivity contribution in [3.05, 3.63) is 34.1 Å². The lowest BCUT2D eigenvalue weighted by molar-refractivity contribution is 0.210. The second kappa shape index (κ2) is 6.33. The van der Waals surface area contributed by atoms with Gasteiger partial charge in [0.25, 0.3) is 0 Å². The summed E-state index contributed by atoms with van der Waals surface area (Å²) in [5.74, 6) is 0.0923. The van der Waals surface area contributed by atoms with Crippen molar-refractivity contribution in [1.82, 2.24) is 5.32 Å². The molecule has 0 amide bonds. The predicted molar refractivity (Wildman–Crippen MR) is 66.7 cm³/mol. The first-order valence-corrected chi connectivity index (χ1v) is 6.12. The number of nitrogens with one attached hydrogen (secondary N) is 1. The van der Waals surface area contributed by atoms with E-state index in [2.05, 4.69) is 21.2 Å². The molecule has 1 rings (SSSR count). The second-order valence-electron chi connectivity index (χ2n) is 4.16. The highest BCUT2D eigenvalue weighted by atomic mass is 79.9. The Morgan fingerprint density at radius 3 is 2.62 bits per heavy atom. The van der Waals surface area contributed by atoms with Crippen molar-refractivity contribution in [1.29, 1.82) is 0 Å². The molecule has 2 N–H and O–H groups in total. The Kier molecular flexibility index (Phi) is 5.38. The third-order valence-electron chi connectivity index (χ3n) is 2.55. The number of halogens is 2. The Balaban J connectivity index is 2.57. The summed E-state index contributed by atoms with van der Waals surface area (Å²) >= 11 is 3.11. The zero-order chi connectivity index (χ0) is 12.1. The van der Waals surface area contributed by atoms with Crippen molar-refractivity contribution < 1.29 is 9.50 Å². The molecule has 16 heavy (non-hydrogen) atoms. The highest BCUT2D eigenvalue weighted by Gasteiger charge is 2.11. The van der Waals surface area contributed by atoms with E-state index in [4.69, 9.17) is 5.11 Å². The van der Waals surface area contributed by atoms with Crippen LogP contribution in [0.15, 0.2) is 22.7 Å². The van der Waals surface area contributed by atoms with Gasteiger partial charge in [0.1, 0.15) is 5.82 Å². The minimum Gasteiger partial charge on any atom is -0.395 e. The summed E-state index contributed by atoms with van der Waals surface area (Å²) in [6.07, 6.45) is 0. The number of rotatable bonds is 5. The molecular weight excluding hydrogens is 273 g/mol. The van der Waals surface area contributed by atoms with Gasteiger partial charge < -0.3 is 10.4 Å². The topological polar surface area (TPSA) is 32.3 Å². The lowest BCUT2D eigenvalue weighted by Gasteiger charge is -2.19. The largest absolute Gasteiger partial charge is 0.395 e. The van der Waals surface area contributed by atoms with Gasteiger partial charge in [-0.05, 0) is 39.5 Å². The lowest BCUT2D eigenvalue weighted by Crippen LogP contribution is -2.36. The third kappa shape index (κ3) is 3.85. The molecule has 0 aromatic heterocycles. The zero-order valence-electron chi connectivity index (χ0n) is 9.50. The van der Waals surface area contributed by atoms with Crippen molar-refractivity contribution in [3.8, 4) is 0 Å². The Labute approximate surface area is 104 Å². The van der Waals surface area contributed by atoms with Crippen molar-refractivity contribution in [2.45, 2.75) is 26.4 Å². The van der Waals surface area contributed by atoms with E-state index in [0.717, 1.165) is 5.56 Å². The maximum atomic E-state index is 13.2. The Bertz CT molecular complexity index is 344. The standard InChI is InChI=1S/C12H17BrFNO/c1-8(2)12(7-16)15-6-9-3-4-10(13)11(14)5-9/h3-5,8,12,15-16H,6-7H2,1-2H3/t12-/m1/s1. The van der Waals surface area contributed by atoms with Gasteiger partial charge in [0, 0.05) is 12.6 Å². The van der Waals surface area contributed by atoms with Crippen LogP contribution in [0, 0.1) is 11.7 Å². The Morgan fingerprint density at radius 1 is 1.44 bits per heavy atom. The highest BCUT2D eigenvalue weighted by molar-refractivity contribution is 9.10. The first kappa shape index (κ1) is 13.6. The molecule has 1 atom stereocenters. The quantitative estimate of drug-likeness (QED) is 0.874. The van der Waals surface area contributed by atoms with E-state index in [1.54, 1.807) is 6.07 Å². The Morgan fingerprint density at radius 2 is 2.12 bits per heavy atom. The average Bonchev–Trinajstić information content (AvgIpc) is 2.23. The predicted octanol–water partition coefficient (Wildman–Crippen LogP) is 2.69. The van der Waals surface area contributed by atoms with Crippen LogP contribution < -0.4 is 5.32 Å². The number of aliphatic hydroxyl groups is 1. The second-order valence-corrected chi connectivity index (χ2v) is 5.02. The van der Waals surface area contributed by atoms with Crippen LogP contribution in [0.3, 0.4) is 0 Å². The van der Waals surface area contributed by atoms with Gasteiger partial charge in [-0.15, -0.1) is 0 Å².